The highest BCUT2D eigenvalue weighted by Gasteiger charge is 2.21. The molecule has 7 nitrogen and oxygen atoms in total. The van der Waals surface area contributed by atoms with Gasteiger partial charge in [0.15, 0.2) is 17.1 Å². The zero-order valence-electron chi connectivity index (χ0n) is 13.0. The van der Waals surface area contributed by atoms with E-state index >= 15 is 0 Å². The number of nitrogens with zero attached hydrogens (tertiary/aromatic N) is 4. The Kier molecular flexibility index (Phi) is 3.25. The summed E-state index contributed by atoms with van der Waals surface area (Å²) in [6.07, 6.45) is 4.44. The number of methoxy groups -OCH3 is 2. The number of benzene rings is 1. The van der Waals surface area contributed by atoms with Crippen LogP contribution in [0.3, 0.4) is 0 Å². The molecule has 0 spiro atoms. The number of anilines is 1. The highest BCUT2D eigenvalue weighted by Crippen LogP contribution is 2.33. The quantitative estimate of drug-likeness (QED) is 0.796. The van der Waals surface area contributed by atoms with Crippen molar-refractivity contribution in [3.8, 4) is 11.5 Å². The summed E-state index contributed by atoms with van der Waals surface area (Å²) < 4.78 is 10.8. The summed E-state index contributed by atoms with van der Waals surface area (Å²) in [6.45, 7) is 1.61. The number of hydrogen-bond donors (Lipinski definition) is 1. The van der Waals surface area contributed by atoms with Gasteiger partial charge in [0.25, 0.3) is 0 Å². The average Bonchev–Trinajstić information content (AvgIpc) is 3.07. The van der Waals surface area contributed by atoms with E-state index in [2.05, 4.69) is 31.1 Å². The van der Waals surface area contributed by atoms with Crippen molar-refractivity contribution in [1.82, 2.24) is 20.2 Å². The van der Waals surface area contributed by atoms with Crippen molar-refractivity contribution in [2.75, 3.05) is 25.7 Å². The lowest BCUT2D eigenvalue weighted by molar-refractivity contribution is 0.353. The number of aromatic nitrogens is 4. The number of hydrogen-bond acceptors (Lipinski definition) is 6. The van der Waals surface area contributed by atoms with Gasteiger partial charge >= 0.3 is 0 Å². The molecule has 23 heavy (non-hydrogen) atoms. The zero-order chi connectivity index (χ0) is 15.8. The molecule has 1 aromatic carbocycles. The Hall–Kier alpha value is -2.83. The maximum atomic E-state index is 5.40. The van der Waals surface area contributed by atoms with Gasteiger partial charge in [0.05, 0.1) is 25.8 Å². The van der Waals surface area contributed by atoms with Gasteiger partial charge in [0.1, 0.15) is 0 Å². The van der Waals surface area contributed by atoms with Crippen LogP contribution >= 0.6 is 0 Å². The molecule has 1 N–H and O–H groups in total. The second-order valence-corrected chi connectivity index (χ2v) is 5.49. The molecule has 4 rings (SSSR count). The molecular formula is C16H17N5O2. The molecule has 0 aliphatic carbocycles. The van der Waals surface area contributed by atoms with Crippen LogP contribution < -0.4 is 14.4 Å². The van der Waals surface area contributed by atoms with Crippen molar-refractivity contribution < 1.29 is 9.47 Å². The van der Waals surface area contributed by atoms with Crippen LogP contribution in [0.2, 0.25) is 0 Å². The van der Waals surface area contributed by atoms with Crippen LogP contribution in [0.1, 0.15) is 11.1 Å². The summed E-state index contributed by atoms with van der Waals surface area (Å²) in [5.74, 6) is 2.23. The van der Waals surface area contributed by atoms with E-state index in [1.165, 1.54) is 11.1 Å². The largest absolute Gasteiger partial charge is 0.493 e. The fourth-order valence-electron chi connectivity index (χ4n) is 2.94. The van der Waals surface area contributed by atoms with Gasteiger partial charge in [-0.25, -0.2) is 4.98 Å². The Bertz CT molecular complexity index is 861. The van der Waals surface area contributed by atoms with Crippen molar-refractivity contribution in [2.24, 2.45) is 0 Å². The smallest absolute Gasteiger partial charge is 0.227 e. The van der Waals surface area contributed by atoms with Crippen molar-refractivity contribution in [2.45, 2.75) is 13.0 Å². The minimum absolute atomic E-state index is 0.710. The SMILES string of the molecule is COc1cc2c(cc1OC)CN(c1ncc3cn[nH]c3n1)CC2. The molecule has 7 heteroatoms. The van der Waals surface area contributed by atoms with E-state index in [1.807, 2.05) is 6.07 Å². The van der Waals surface area contributed by atoms with Crippen LogP contribution in [0.25, 0.3) is 11.0 Å². The molecule has 0 bridgehead atoms. The molecule has 0 saturated carbocycles. The Morgan fingerprint density at radius 2 is 1.87 bits per heavy atom. The third-order valence-electron chi connectivity index (χ3n) is 4.18. The Morgan fingerprint density at radius 1 is 1.09 bits per heavy atom. The van der Waals surface area contributed by atoms with Crippen molar-refractivity contribution in [1.29, 1.82) is 0 Å². The van der Waals surface area contributed by atoms with E-state index in [-0.39, 0.29) is 0 Å². The first kappa shape index (κ1) is 13.8. The van der Waals surface area contributed by atoms with Crippen molar-refractivity contribution in [3.63, 3.8) is 0 Å². The normalized spacial score (nSPS) is 13.9. The van der Waals surface area contributed by atoms with Crippen LogP contribution in [0, 0.1) is 0 Å². The highest BCUT2D eigenvalue weighted by atomic mass is 16.5. The molecule has 0 amide bonds. The zero-order valence-corrected chi connectivity index (χ0v) is 13.0. The summed E-state index contributed by atoms with van der Waals surface area (Å²) in [5.41, 5.74) is 3.25. The maximum absolute atomic E-state index is 5.40. The molecule has 0 saturated heterocycles. The standard InChI is InChI=1S/C16H17N5O2/c1-22-13-5-10-3-4-21(9-11(10)6-14(13)23-2)16-17-7-12-8-18-20-15(12)19-16/h5-8H,3-4,9H2,1-2H3,(H,17,18,19,20). The minimum atomic E-state index is 0.710. The fourth-order valence-corrected chi connectivity index (χ4v) is 2.94. The predicted octanol–water partition coefficient (Wildman–Crippen LogP) is 1.93. The lowest BCUT2D eigenvalue weighted by atomic mass is 9.99. The summed E-state index contributed by atoms with van der Waals surface area (Å²) in [4.78, 5) is 11.2. The predicted molar refractivity (Wildman–Crippen MR) is 86.0 cm³/mol. The van der Waals surface area contributed by atoms with E-state index in [9.17, 15) is 0 Å². The van der Waals surface area contributed by atoms with Crippen LogP contribution in [0.5, 0.6) is 11.5 Å². The van der Waals surface area contributed by atoms with Crippen LogP contribution in [0.4, 0.5) is 5.95 Å². The van der Waals surface area contributed by atoms with Gasteiger partial charge in [-0.1, -0.05) is 0 Å². The third kappa shape index (κ3) is 2.34. The molecule has 0 radical (unpaired) electrons. The third-order valence-corrected chi connectivity index (χ3v) is 4.18. The summed E-state index contributed by atoms with van der Waals surface area (Å²) in [5, 5.41) is 7.79. The van der Waals surface area contributed by atoms with Crippen molar-refractivity contribution in [3.05, 3.63) is 35.7 Å². The first-order valence-electron chi connectivity index (χ1n) is 7.43. The van der Waals surface area contributed by atoms with E-state index in [1.54, 1.807) is 26.6 Å². The minimum Gasteiger partial charge on any atom is -0.493 e. The summed E-state index contributed by atoms with van der Waals surface area (Å²) >= 11 is 0. The molecule has 1 aliphatic heterocycles. The van der Waals surface area contributed by atoms with Crippen LogP contribution in [-0.2, 0) is 13.0 Å². The monoisotopic (exact) mass is 311 g/mol. The van der Waals surface area contributed by atoms with E-state index in [4.69, 9.17) is 9.47 Å². The molecule has 0 unspecified atom stereocenters. The van der Waals surface area contributed by atoms with Gasteiger partial charge in [-0.3, -0.25) is 5.10 Å². The van der Waals surface area contributed by atoms with Gasteiger partial charge in [-0.2, -0.15) is 10.1 Å². The molecule has 118 valence electrons. The first-order chi connectivity index (χ1) is 11.3. The first-order valence-corrected chi connectivity index (χ1v) is 7.43. The number of rotatable bonds is 3. The second-order valence-electron chi connectivity index (χ2n) is 5.49. The molecule has 1 aliphatic rings. The molecule has 3 aromatic rings. The molecular weight excluding hydrogens is 294 g/mol. The molecule has 2 aromatic heterocycles. The second kappa shape index (κ2) is 5.42. The average molecular weight is 311 g/mol. The lowest BCUT2D eigenvalue weighted by Crippen LogP contribution is -2.31. The Balaban J connectivity index is 1.67. The van der Waals surface area contributed by atoms with Gasteiger partial charge in [0, 0.05) is 19.3 Å². The van der Waals surface area contributed by atoms with Gasteiger partial charge in [-0.05, 0) is 29.7 Å². The molecule has 3 heterocycles. The Labute approximate surface area is 133 Å². The van der Waals surface area contributed by atoms with Crippen LogP contribution in [-0.4, -0.2) is 40.9 Å². The van der Waals surface area contributed by atoms with Crippen LogP contribution in [0.15, 0.2) is 24.5 Å². The maximum Gasteiger partial charge on any atom is 0.227 e. The Morgan fingerprint density at radius 3 is 2.65 bits per heavy atom. The topological polar surface area (TPSA) is 76.2 Å². The molecule has 0 atom stereocenters. The van der Waals surface area contributed by atoms with E-state index in [0.717, 1.165) is 42.0 Å². The van der Waals surface area contributed by atoms with Gasteiger partial charge in [-0.15, -0.1) is 0 Å². The number of ether oxygens (including phenoxy) is 2. The molecule has 0 fully saturated rings. The van der Waals surface area contributed by atoms with Gasteiger partial charge < -0.3 is 14.4 Å². The number of aromatic amines is 1. The number of H-pyrrole nitrogens is 1. The fraction of sp³-hybridized carbons (Fsp3) is 0.312. The highest BCUT2D eigenvalue weighted by molar-refractivity contribution is 5.73. The number of nitrogens with one attached hydrogen (secondary N) is 1. The van der Waals surface area contributed by atoms with E-state index < -0.39 is 0 Å². The van der Waals surface area contributed by atoms with E-state index in [0.29, 0.717) is 5.95 Å². The summed E-state index contributed by atoms with van der Waals surface area (Å²) in [7, 11) is 3.31. The van der Waals surface area contributed by atoms with Crippen molar-refractivity contribution >= 4 is 17.0 Å². The number of fused-ring (bicyclic) bond motifs is 2. The lowest BCUT2D eigenvalue weighted by Gasteiger charge is -2.29. The summed E-state index contributed by atoms with van der Waals surface area (Å²) in [6, 6.07) is 4.10. The van der Waals surface area contributed by atoms with Gasteiger partial charge in [0.2, 0.25) is 5.95 Å².